The van der Waals surface area contributed by atoms with Crippen LogP contribution in [0.1, 0.15) is 41.9 Å². The standard InChI is InChI=1S/C19H26ClN3O4S2/c1-13-8-19(18-15(7-17(20)28-18)16(24)12-27-19)3-4-22(13)10-14-9-21-23(11-14)5-6-29(2,25)26/h7,9,11,13,16,24H,3-6,8,10,12H2,1-2H3/t13-,16+,19+/m0/s1. The molecule has 0 bridgehead atoms. The number of rotatable bonds is 5. The van der Waals surface area contributed by atoms with Gasteiger partial charge in [-0.15, -0.1) is 11.3 Å². The zero-order valence-corrected chi connectivity index (χ0v) is 18.9. The number of ether oxygens (including phenoxy) is 1. The van der Waals surface area contributed by atoms with Gasteiger partial charge in [0.2, 0.25) is 0 Å². The van der Waals surface area contributed by atoms with E-state index in [4.69, 9.17) is 16.3 Å². The van der Waals surface area contributed by atoms with E-state index in [1.54, 1.807) is 4.68 Å². The highest BCUT2D eigenvalue weighted by Crippen LogP contribution is 2.50. The smallest absolute Gasteiger partial charge is 0.149 e. The Balaban J connectivity index is 1.43. The zero-order valence-electron chi connectivity index (χ0n) is 16.5. The summed E-state index contributed by atoms with van der Waals surface area (Å²) in [6, 6.07) is 2.16. The average Bonchev–Trinajstić information content (AvgIpc) is 3.26. The van der Waals surface area contributed by atoms with Gasteiger partial charge in [0.1, 0.15) is 21.5 Å². The van der Waals surface area contributed by atoms with Gasteiger partial charge in [0.25, 0.3) is 0 Å². The Labute approximate surface area is 180 Å². The third-order valence-corrected chi connectivity index (χ3v) is 8.23. The molecule has 7 nitrogen and oxygen atoms in total. The van der Waals surface area contributed by atoms with E-state index < -0.39 is 15.9 Å². The van der Waals surface area contributed by atoms with E-state index in [1.807, 2.05) is 18.5 Å². The summed E-state index contributed by atoms with van der Waals surface area (Å²) in [5.74, 6) is 0.0889. The first-order valence-corrected chi connectivity index (χ1v) is 13.0. The monoisotopic (exact) mass is 459 g/mol. The molecule has 4 rings (SSSR count). The molecule has 0 unspecified atom stereocenters. The van der Waals surface area contributed by atoms with Gasteiger partial charge in [-0.1, -0.05) is 11.6 Å². The Morgan fingerprint density at radius 2 is 2.28 bits per heavy atom. The minimum atomic E-state index is -3.00. The molecule has 1 saturated heterocycles. The Bertz CT molecular complexity index is 989. The quantitative estimate of drug-likeness (QED) is 0.739. The second kappa shape index (κ2) is 7.94. The molecule has 1 spiro atoms. The number of fused-ring (bicyclic) bond motifs is 2. The number of aliphatic hydroxyl groups excluding tert-OH is 1. The van der Waals surface area contributed by atoms with Crippen LogP contribution in [-0.4, -0.2) is 59.4 Å². The van der Waals surface area contributed by atoms with Crippen molar-refractivity contribution in [1.29, 1.82) is 0 Å². The van der Waals surface area contributed by atoms with E-state index in [9.17, 15) is 13.5 Å². The average molecular weight is 460 g/mol. The van der Waals surface area contributed by atoms with Crippen LogP contribution in [0.25, 0.3) is 0 Å². The van der Waals surface area contributed by atoms with E-state index in [1.165, 1.54) is 17.6 Å². The summed E-state index contributed by atoms with van der Waals surface area (Å²) in [7, 11) is -3.00. The number of hydrogen-bond acceptors (Lipinski definition) is 7. The third kappa shape index (κ3) is 4.55. The van der Waals surface area contributed by atoms with E-state index in [-0.39, 0.29) is 17.4 Å². The van der Waals surface area contributed by atoms with Crippen LogP contribution < -0.4 is 0 Å². The molecular weight excluding hydrogens is 434 g/mol. The molecule has 2 aromatic rings. The molecule has 160 valence electrons. The van der Waals surface area contributed by atoms with Crippen molar-refractivity contribution in [3.63, 3.8) is 0 Å². The first-order valence-electron chi connectivity index (χ1n) is 9.70. The van der Waals surface area contributed by atoms with E-state index in [2.05, 4.69) is 16.9 Å². The molecule has 0 aliphatic carbocycles. The molecule has 1 N–H and O–H groups in total. The summed E-state index contributed by atoms with van der Waals surface area (Å²) in [6.45, 7) is 4.49. The third-order valence-electron chi connectivity index (χ3n) is 5.84. The van der Waals surface area contributed by atoms with Crippen LogP contribution in [0.3, 0.4) is 0 Å². The maximum atomic E-state index is 11.3. The number of hydrogen-bond donors (Lipinski definition) is 1. The fourth-order valence-electron chi connectivity index (χ4n) is 4.30. The lowest BCUT2D eigenvalue weighted by atomic mass is 9.81. The number of sulfone groups is 1. The molecular formula is C19H26ClN3O4S2. The fourth-order valence-corrected chi connectivity index (χ4v) is 6.29. The molecule has 29 heavy (non-hydrogen) atoms. The molecule has 1 fully saturated rings. The fraction of sp³-hybridized carbons (Fsp3) is 0.632. The van der Waals surface area contributed by atoms with E-state index in [0.717, 1.165) is 41.9 Å². The van der Waals surface area contributed by atoms with Crippen molar-refractivity contribution < 1.29 is 18.3 Å². The minimum absolute atomic E-state index is 0.0889. The molecule has 4 heterocycles. The maximum Gasteiger partial charge on any atom is 0.149 e. The van der Waals surface area contributed by atoms with Crippen LogP contribution in [0.2, 0.25) is 4.34 Å². The summed E-state index contributed by atoms with van der Waals surface area (Å²) in [6.07, 6.45) is 6.05. The number of nitrogens with zero attached hydrogens (tertiary/aromatic N) is 3. The van der Waals surface area contributed by atoms with Crippen LogP contribution >= 0.6 is 22.9 Å². The summed E-state index contributed by atoms with van der Waals surface area (Å²) < 4.78 is 31.3. The molecule has 3 atom stereocenters. The van der Waals surface area contributed by atoms with Crippen molar-refractivity contribution in [3.05, 3.63) is 38.8 Å². The predicted molar refractivity (Wildman–Crippen MR) is 113 cm³/mol. The van der Waals surface area contributed by atoms with Crippen molar-refractivity contribution in [2.75, 3.05) is 25.2 Å². The van der Waals surface area contributed by atoms with Crippen molar-refractivity contribution in [2.24, 2.45) is 0 Å². The van der Waals surface area contributed by atoms with Gasteiger partial charge in [-0.05, 0) is 25.8 Å². The number of piperidine rings is 1. The first-order chi connectivity index (χ1) is 13.7. The van der Waals surface area contributed by atoms with Gasteiger partial charge in [-0.2, -0.15) is 5.10 Å². The molecule has 2 aliphatic heterocycles. The molecule has 10 heteroatoms. The van der Waals surface area contributed by atoms with Gasteiger partial charge in [-0.3, -0.25) is 9.58 Å². The summed E-state index contributed by atoms with van der Waals surface area (Å²) in [4.78, 5) is 3.47. The van der Waals surface area contributed by atoms with Crippen LogP contribution in [0.5, 0.6) is 0 Å². The minimum Gasteiger partial charge on any atom is -0.386 e. The highest BCUT2D eigenvalue weighted by atomic mass is 35.5. The Morgan fingerprint density at radius 3 is 3.00 bits per heavy atom. The predicted octanol–water partition coefficient (Wildman–Crippen LogP) is 2.59. The van der Waals surface area contributed by atoms with Crippen molar-refractivity contribution in [1.82, 2.24) is 14.7 Å². The maximum absolute atomic E-state index is 11.3. The summed E-state index contributed by atoms with van der Waals surface area (Å²) in [5, 5.41) is 14.6. The van der Waals surface area contributed by atoms with Crippen LogP contribution in [0.4, 0.5) is 0 Å². The normalized spacial score (nSPS) is 28.0. The first kappa shape index (κ1) is 21.3. The van der Waals surface area contributed by atoms with Gasteiger partial charge in [-0.25, -0.2) is 8.42 Å². The zero-order chi connectivity index (χ0) is 20.8. The molecule has 0 saturated carbocycles. The topological polar surface area (TPSA) is 84.7 Å². The van der Waals surface area contributed by atoms with Gasteiger partial charge >= 0.3 is 0 Å². The van der Waals surface area contributed by atoms with Crippen LogP contribution in [0.15, 0.2) is 18.5 Å². The molecule has 0 aromatic carbocycles. The number of aryl methyl sites for hydroxylation is 1. The van der Waals surface area contributed by atoms with Crippen molar-refractivity contribution >= 4 is 32.8 Å². The number of aliphatic hydroxyl groups is 1. The molecule has 2 aromatic heterocycles. The molecule has 0 amide bonds. The highest BCUT2D eigenvalue weighted by molar-refractivity contribution is 7.90. The second-order valence-electron chi connectivity index (χ2n) is 8.17. The number of thiophene rings is 1. The Hall–Kier alpha value is -0.970. The van der Waals surface area contributed by atoms with E-state index in [0.29, 0.717) is 17.5 Å². The van der Waals surface area contributed by atoms with Crippen molar-refractivity contribution in [2.45, 2.75) is 50.6 Å². The van der Waals surface area contributed by atoms with Gasteiger partial charge in [0.05, 0.1) is 29.4 Å². The van der Waals surface area contributed by atoms with Crippen LogP contribution in [0, 0.1) is 0 Å². The van der Waals surface area contributed by atoms with Gasteiger partial charge in [0, 0.05) is 47.6 Å². The lowest BCUT2D eigenvalue weighted by Gasteiger charge is -2.47. The molecule has 0 radical (unpaired) electrons. The lowest BCUT2D eigenvalue weighted by Crippen LogP contribution is -2.50. The second-order valence-corrected chi connectivity index (χ2v) is 12.1. The lowest BCUT2D eigenvalue weighted by molar-refractivity contribution is -0.139. The van der Waals surface area contributed by atoms with E-state index >= 15 is 0 Å². The van der Waals surface area contributed by atoms with Crippen LogP contribution in [-0.2, 0) is 33.3 Å². The summed E-state index contributed by atoms with van der Waals surface area (Å²) >= 11 is 7.76. The SMILES string of the molecule is C[C@H]1C[C@@]2(CCN1Cc1cnn(CCS(C)(=O)=O)c1)OC[C@@H](O)c1cc(Cl)sc12. The largest absolute Gasteiger partial charge is 0.386 e. The highest BCUT2D eigenvalue weighted by Gasteiger charge is 2.46. The Morgan fingerprint density at radius 1 is 1.48 bits per heavy atom. The number of halogens is 1. The van der Waals surface area contributed by atoms with Crippen molar-refractivity contribution in [3.8, 4) is 0 Å². The van der Waals surface area contributed by atoms with Gasteiger partial charge < -0.3 is 9.84 Å². The molecule has 2 aliphatic rings. The number of likely N-dealkylation sites (tertiary alicyclic amines) is 1. The Kier molecular flexibility index (Phi) is 5.82. The van der Waals surface area contributed by atoms with Gasteiger partial charge in [0.15, 0.2) is 0 Å². The summed E-state index contributed by atoms with van der Waals surface area (Å²) in [5.41, 5.74) is 1.61. The number of aromatic nitrogens is 2.